The Hall–Kier alpha value is -3.15. The van der Waals surface area contributed by atoms with E-state index in [4.69, 9.17) is 0 Å². The summed E-state index contributed by atoms with van der Waals surface area (Å²) >= 11 is 0. The Labute approximate surface area is 159 Å². The maximum atomic E-state index is 12.5. The van der Waals surface area contributed by atoms with Gasteiger partial charge in [-0.15, -0.1) is 0 Å². The van der Waals surface area contributed by atoms with E-state index in [0.29, 0.717) is 11.4 Å². The summed E-state index contributed by atoms with van der Waals surface area (Å²) in [6.45, 7) is 6.86. The highest BCUT2D eigenvalue weighted by Gasteiger charge is 2.19. The molecule has 6 heteroatoms. The fourth-order valence-corrected chi connectivity index (χ4v) is 2.81. The SMILES string of the molecule is CC(=O)Nc1cccc(NC(=O)CN(C(C)=O)c2ccccc2C(C)C)c1. The standard InChI is InChI=1S/C21H25N3O3/c1-14(2)19-10-5-6-11-20(19)24(16(4)26)13-21(27)23-18-9-7-8-17(12-18)22-15(3)25/h5-12,14H,13H2,1-4H3,(H,22,25)(H,23,27). The molecule has 0 atom stereocenters. The molecule has 3 amide bonds. The molecule has 0 aliphatic rings. The number of hydrogen-bond acceptors (Lipinski definition) is 3. The van der Waals surface area contributed by atoms with Crippen LogP contribution in [0.2, 0.25) is 0 Å². The molecule has 0 aliphatic carbocycles. The molecule has 0 fully saturated rings. The van der Waals surface area contributed by atoms with Gasteiger partial charge >= 0.3 is 0 Å². The molecule has 0 heterocycles. The van der Waals surface area contributed by atoms with Crippen LogP contribution in [0.3, 0.4) is 0 Å². The molecule has 2 aromatic rings. The van der Waals surface area contributed by atoms with Gasteiger partial charge in [-0.3, -0.25) is 14.4 Å². The molecule has 0 saturated carbocycles. The van der Waals surface area contributed by atoms with Gasteiger partial charge in [0.2, 0.25) is 17.7 Å². The highest BCUT2D eigenvalue weighted by Crippen LogP contribution is 2.27. The van der Waals surface area contributed by atoms with E-state index in [1.165, 1.54) is 18.7 Å². The first-order valence-corrected chi connectivity index (χ1v) is 8.82. The van der Waals surface area contributed by atoms with Crippen molar-refractivity contribution < 1.29 is 14.4 Å². The number of benzene rings is 2. The fourth-order valence-electron chi connectivity index (χ4n) is 2.81. The molecule has 142 valence electrons. The second-order valence-electron chi connectivity index (χ2n) is 6.63. The van der Waals surface area contributed by atoms with Crippen LogP contribution in [0.1, 0.15) is 39.2 Å². The van der Waals surface area contributed by atoms with Crippen molar-refractivity contribution in [2.24, 2.45) is 0 Å². The first-order chi connectivity index (χ1) is 12.8. The molecule has 0 radical (unpaired) electrons. The monoisotopic (exact) mass is 367 g/mol. The van der Waals surface area contributed by atoms with Crippen LogP contribution in [0.25, 0.3) is 0 Å². The zero-order valence-corrected chi connectivity index (χ0v) is 16.1. The Morgan fingerprint density at radius 1 is 0.926 bits per heavy atom. The Morgan fingerprint density at radius 2 is 1.56 bits per heavy atom. The molecule has 0 bridgehead atoms. The van der Waals surface area contributed by atoms with E-state index in [1.54, 1.807) is 24.3 Å². The molecule has 0 aromatic heterocycles. The number of nitrogens with one attached hydrogen (secondary N) is 2. The third-order valence-electron chi connectivity index (χ3n) is 4.00. The van der Waals surface area contributed by atoms with Crippen molar-refractivity contribution in [3.63, 3.8) is 0 Å². The summed E-state index contributed by atoms with van der Waals surface area (Å²) in [5.74, 6) is -0.485. The van der Waals surface area contributed by atoms with Gasteiger partial charge in [0.25, 0.3) is 0 Å². The molecule has 0 unspecified atom stereocenters. The van der Waals surface area contributed by atoms with E-state index >= 15 is 0 Å². The molecule has 27 heavy (non-hydrogen) atoms. The van der Waals surface area contributed by atoms with Crippen LogP contribution >= 0.6 is 0 Å². The molecule has 0 saturated heterocycles. The molecule has 0 spiro atoms. The predicted octanol–water partition coefficient (Wildman–Crippen LogP) is 3.76. The van der Waals surface area contributed by atoms with Gasteiger partial charge in [0, 0.05) is 30.9 Å². The van der Waals surface area contributed by atoms with E-state index in [-0.39, 0.29) is 30.2 Å². The van der Waals surface area contributed by atoms with Crippen molar-refractivity contribution in [2.75, 3.05) is 22.1 Å². The van der Waals surface area contributed by atoms with E-state index in [2.05, 4.69) is 10.6 Å². The van der Waals surface area contributed by atoms with Gasteiger partial charge in [-0.1, -0.05) is 38.1 Å². The molecule has 2 aromatic carbocycles. The number of anilines is 3. The predicted molar refractivity (Wildman–Crippen MR) is 108 cm³/mol. The molecular formula is C21H25N3O3. The van der Waals surface area contributed by atoms with Gasteiger partial charge < -0.3 is 15.5 Å². The van der Waals surface area contributed by atoms with Crippen molar-refractivity contribution in [3.05, 3.63) is 54.1 Å². The largest absolute Gasteiger partial charge is 0.326 e. The first kappa shape index (κ1) is 20.2. The minimum absolute atomic E-state index is 0.0938. The van der Waals surface area contributed by atoms with Gasteiger partial charge in [0.15, 0.2) is 0 Å². The van der Waals surface area contributed by atoms with Crippen LogP contribution in [-0.4, -0.2) is 24.3 Å². The van der Waals surface area contributed by atoms with Crippen LogP contribution in [0.4, 0.5) is 17.1 Å². The summed E-state index contributed by atoms with van der Waals surface area (Å²) in [6, 6.07) is 14.4. The molecular weight excluding hydrogens is 342 g/mol. The van der Waals surface area contributed by atoms with Gasteiger partial charge in [-0.05, 0) is 35.7 Å². The van der Waals surface area contributed by atoms with Gasteiger partial charge in [-0.25, -0.2) is 0 Å². The number of para-hydroxylation sites is 1. The van der Waals surface area contributed by atoms with Crippen LogP contribution in [-0.2, 0) is 14.4 Å². The number of rotatable bonds is 6. The smallest absolute Gasteiger partial charge is 0.244 e. The van der Waals surface area contributed by atoms with E-state index in [0.717, 1.165) is 11.3 Å². The average Bonchev–Trinajstić information content (AvgIpc) is 2.59. The Kier molecular flexibility index (Phi) is 6.71. The summed E-state index contributed by atoms with van der Waals surface area (Å²) < 4.78 is 0. The second-order valence-corrected chi connectivity index (χ2v) is 6.63. The number of hydrogen-bond donors (Lipinski definition) is 2. The molecule has 0 aliphatic heterocycles. The van der Waals surface area contributed by atoms with Crippen LogP contribution in [0, 0.1) is 0 Å². The van der Waals surface area contributed by atoms with E-state index < -0.39 is 0 Å². The highest BCUT2D eigenvalue weighted by atomic mass is 16.2. The average molecular weight is 367 g/mol. The fraction of sp³-hybridized carbons (Fsp3) is 0.286. The lowest BCUT2D eigenvalue weighted by molar-refractivity contribution is -0.120. The molecule has 2 rings (SSSR count). The third-order valence-corrected chi connectivity index (χ3v) is 4.00. The maximum absolute atomic E-state index is 12.5. The van der Waals surface area contributed by atoms with E-state index in [9.17, 15) is 14.4 Å². The molecule has 2 N–H and O–H groups in total. The number of amides is 3. The van der Waals surface area contributed by atoms with Crippen molar-refractivity contribution in [3.8, 4) is 0 Å². The molecule has 6 nitrogen and oxygen atoms in total. The van der Waals surface area contributed by atoms with Crippen LogP contribution in [0.15, 0.2) is 48.5 Å². The lowest BCUT2D eigenvalue weighted by atomic mass is 10.0. The maximum Gasteiger partial charge on any atom is 0.244 e. The number of carbonyl (C=O) groups excluding carboxylic acids is 3. The minimum atomic E-state index is -0.316. The zero-order valence-electron chi connectivity index (χ0n) is 16.1. The lowest BCUT2D eigenvalue weighted by Gasteiger charge is -2.25. The summed E-state index contributed by atoms with van der Waals surface area (Å²) in [6.07, 6.45) is 0. The van der Waals surface area contributed by atoms with Gasteiger partial charge in [0.1, 0.15) is 6.54 Å². The van der Waals surface area contributed by atoms with Crippen molar-refractivity contribution in [1.82, 2.24) is 0 Å². The summed E-state index contributed by atoms with van der Waals surface area (Å²) in [7, 11) is 0. The topological polar surface area (TPSA) is 78.5 Å². The van der Waals surface area contributed by atoms with Gasteiger partial charge in [-0.2, -0.15) is 0 Å². The van der Waals surface area contributed by atoms with Crippen molar-refractivity contribution in [2.45, 2.75) is 33.6 Å². The first-order valence-electron chi connectivity index (χ1n) is 8.82. The second kappa shape index (κ2) is 8.98. The Morgan fingerprint density at radius 3 is 2.15 bits per heavy atom. The summed E-state index contributed by atoms with van der Waals surface area (Å²) in [5.41, 5.74) is 2.89. The van der Waals surface area contributed by atoms with E-state index in [1.807, 2.05) is 38.1 Å². The minimum Gasteiger partial charge on any atom is -0.326 e. The lowest BCUT2D eigenvalue weighted by Crippen LogP contribution is -2.37. The van der Waals surface area contributed by atoms with Crippen molar-refractivity contribution in [1.29, 1.82) is 0 Å². The number of carbonyl (C=O) groups is 3. The van der Waals surface area contributed by atoms with Crippen LogP contribution < -0.4 is 15.5 Å². The number of nitrogens with zero attached hydrogens (tertiary/aromatic N) is 1. The third kappa shape index (κ3) is 5.67. The summed E-state index contributed by atoms with van der Waals surface area (Å²) in [4.78, 5) is 37.3. The zero-order chi connectivity index (χ0) is 20.0. The van der Waals surface area contributed by atoms with Crippen LogP contribution in [0.5, 0.6) is 0 Å². The normalized spacial score (nSPS) is 10.4. The Balaban J connectivity index is 2.17. The Bertz CT molecular complexity index is 846. The van der Waals surface area contributed by atoms with Crippen molar-refractivity contribution >= 4 is 34.8 Å². The highest BCUT2D eigenvalue weighted by molar-refractivity contribution is 6.02. The van der Waals surface area contributed by atoms with Gasteiger partial charge in [0.05, 0.1) is 0 Å². The quantitative estimate of drug-likeness (QED) is 0.816. The summed E-state index contributed by atoms with van der Waals surface area (Å²) in [5, 5.41) is 5.44.